The summed E-state index contributed by atoms with van der Waals surface area (Å²) >= 11 is 0. The third-order valence-corrected chi connectivity index (χ3v) is 4.79. The van der Waals surface area contributed by atoms with Crippen molar-refractivity contribution in [3.63, 3.8) is 0 Å². The van der Waals surface area contributed by atoms with E-state index in [1.807, 2.05) is 24.4 Å². The number of aryl methyl sites for hydroxylation is 1. The Balaban J connectivity index is 1.25. The summed E-state index contributed by atoms with van der Waals surface area (Å²) in [4.78, 5) is 15.4. The number of aromatic nitrogens is 1. The van der Waals surface area contributed by atoms with Gasteiger partial charge in [-0.15, -0.1) is 0 Å². The summed E-state index contributed by atoms with van der Waals surface area (Å²) in [6.07, 6.45) is 5.13. The lowest BCUT2D eigenvalue weighted by atomic mass is 10.0. The highest BCUT2D eigenvalue weighted by atomic mass is 16.5. The minimum atomic E-state index is 0.108. The number of rotatable bonds is 6. The van der Waals surface area contributed by atoms with Crippen molar-refractivity contribution in [3.8, 4) is 5.75 Å². The van der Waals surface area contributed by atoms with Crippen molar-refractivity contribution in [2.24, 2.45) is 0 Å². The van der Waals surface area contributed by atoms with E-state index in [1.54, 1.807) is 0 Å². The minimum absolute atomic E-state index is 0.108. The second-order valence-corrected chi connectivity index (χ2v) is 6.50. The van der Waals surface area contributed by atoms with Crippen molar-refractivity contribution in [2.75, 3.05) is 13.2 Å². The number of fused-ring (bicyclic) bond motifs is 2. The topological polar surface area (TPSA) is 54.1 Å². The molecule has 25 heavy (non-hydrogen) atoms. The summed E-state index contributed by atoms with van der Waals surface area (Å²) in [5, 5.41) is 4.26. The van der Waals surface area contributed by atoms with Gasteiger partial charge in [0.05, 0.1) is 6.61 Å². The number of amides is 1. The lowest BCUT2D eigenvalue weighted by Crippen LogP contribution is -2.25. The normalized spacial score (nSPS) is 12.8. The maximum absolute atomic E-state index is 12.1. The Kier molecular flexibility index (Phi) is 4.42. The SMILES string of the molecule is O=C(CCc1ccc2c(c1)CCO2)NCCc1c[nH]c2ccccc12. The van der Waals surface area contributed by atoms with E-state index in [2.05, 4.69) is 34.6 Å². The molecule has 0 bridgehead atoms. The summed E-state index contributed by atoms with van der Waals surface area (Å²) in [6.45, 7) is 1.44. The zero-order valence-corrected chi connectivity index (χ0v) is 14.2. The quantitative estimate of drug-likeness (QED) is 0.726. The van der Waals surface area contributed by atoms with Crippen LogP contribution in [0, 0.1) is 0 Å². The molecule has 2 N–H and O–H groups in total. The largest absolute Gasteiger partial charge is 0.493 e. The highest BCUT2D eigenvalue weighted by molar-refractivity contribution is 5.83. The highest BCUT2D eigenvalue weighted by Gasteiger charge is 2.12. The van der Waals surface area contributed by atoms with Crippen LogP contribution in [0.4, 0.5) is 0 Å². The molecule has 4 rings (SSSR count). The summed E-state index contributed by atoms with van der Waals surface area (Å²) < 4.78 is 5.52. The maximum atomic E-state index is 12.1. The first-order valence-corrected chi connectivity index (χ1v) is 8.86. The fourth-order valence-electron chi connectivity index (χ4n) is 3.42. The number of carbonyl (C=O) groups excluding carboxylic acids is 1. The van der Waals surface area contributed by atoms with Gasteiger partial charge in [-0.1, -0.05) is 30.3 Å². The van der Waals surface area contributed by atoms with E-state index in [4.69, 9.17) is 4.74 Å². The van der Waals surface area contributed by atoms with Crippen molar-refractivity contribution in [1.29, 1.82) is 0 Å². The third kappa shape index (κ3) is 3.53. The van der Waals surface area contributed by atoms with E-state index in [0.717, 1.165) is 37.1 Å². The first-order chi connectivity index (χ1) is 12.3. The molecule has 2 heterocycles. The van der Waals surface area contributed by atoms with Crippen molar-refractivity contribution < 1.29 is 9.53 Å². The number of hydrogen-bond acceptors (Lipinski definition) is 2. The average Bonchev–Trinajstić information content (AvgIpc) is 3.26. The van der Waals surface area contributed by atoms with Crippen molar-refractivity contribution >= 4 is 16.8 Å². The van der Waals surface area contributed by atoms with Crippen LogP contribution < -0.4 is 10.1 Å². The fourth-order valence-corrected chi connectivity index (χ4v) is 3.42. The number of hydrogen-bond donors (Lipinski definition) is 2. The van der Waals surface area contributed by atoms with E-state index >= 15 is 0 Å². The number of benzene rings is 2. The van der Waals surface area contributed by atoms with E-state index < -0.39 is 0 Å². The first kappa shape index (κ1) is 15.8. The zero-order chi connectivity index (χ0) is 17.1. The molecule has 4 heteroatoms. The lowest BCUT2D eigenvalue weighted by molar-refractivity contribution is -0.121. The summed E-state index contributed by atoms with van der Waals surface area (Å²) in [7, 11) is 0. The summed E-state index contributed by atoms with van der Waals surface area (Å²) in [5.74, 6) is 1.10. The van der Waals surface area contributed by atoms with Gasteiger partial charge in [0.15, 0.2) is 0 Å². The highest BCUT2D eigenvalue weighted by Crippen LogP contribution is 2.26. The Bertz CT molecular complexity index is 898. The lowest BCUT2D eigenvalue weighted by Gasteiger charge is -2.06. The van der Waals surface area contributed by atoms with E-state index in [9.17, 15) is 4.79 Å². The molecule has 0 saturated heterocycles. The van der Waals surface area contributed by atoms with Crippen molar-refractivity contribution in [2.45, 2.75) is 25.7 Å². The van der Waals surface area contributed by atoms with Crippen molar-refractivity contribution in [3.05, 3.63) is 65.4 Å². The molecule has 0 fully saturated rings. The summed E-state index contributed by atoms with van der Waals surface area (Å²) in [6, 6.07) is 14.5. The van der Waals surface area contributed by atoms with Crippen LogP contribution in [0.5, 0.6) is 5.75 Å². The van der Waals surface area contributed by atoms with Gasteiger partial charge in [-0.05, 0) is 41.7 Å². The monoisotopic (exact) mass is 334 g/mol. The number of nitrogens with one attached hydrogen (secondary N) is 2. The number of H-pyrrole nitrogens is 1. The molecule has 0 aliphatic carbocycles. The molecule has 0 atom stereocenters. The minimum Gasteiger partial charge on any atom is -0.493 e. The fraction of sp³-hybridized carbons (Fsp3) is 0.286. The molecule has 3 aromatic rings. The van der Waals surface area contributed by atoms with Gasteiger partial charge in [0.1, 0.15) is 5.75 Å². The molecular formula is C21H22N2O2. The third-order valence-electron chi connectivity index (χ3n) is 4.79. The van der Waals surface area contributed by atoms with Gasteiger partial charge in [-0.3, -0.25) is 4.79 Å². The van der Waals surface area contributed by atoms with Gasteiger partial charge in [-0.25, -0.2) is 0 Å². The van der Waals surface area contributed by atoms with Gasteiger partial charge in [0, 0.05) is 36.5 Å². The van der Waals surface area contributed by atoms with Gasteiger partial charge in [0.25, 0.3) is 0 Å². The van der Waals surface area contributed by atoms with E-state index in [-0.39, 0.29) is 5.91 Å². The Hall–Kier alpha value is -2.75. The standard InChI is InChI=1S/C21H22N2O2/c24-21(8-6-15-5-7-20-16(13-15)10-12-25-20)22-11-9-17-14-23-19-4-2-1-3-18(17)19/h1-5,7,13-14,23H,6,8-12H2,(H,22,24). The smallest absolute Gasteiger partial charge is 0.220 e. The maximum Gasteiger partial charge on any atom is 0.220 e. The van der Waals surface area contributed by atoms with Gasteiger partial charge >= 0.3 is 0 Å². The Morgan fingerprint density at radius 1 is 1.16 bits per heavy atom. The molecule has 0 radical (unpaired) electrons. The molecule has 1 aliphatic rings. The van der Waals surface area contributed by atoms with Crippen LogP contribution in [0.2, 0.25) is 0 Å². The Morgan fingerprint density at radius 3 is 3.04 bits per heavy atom. The molecule has 2 aromatic carbocycles. The van der Waals surface area contributed by atoms with Crippen LogP contribution in [0.3, 0.4) is 0 Å². The van der Waals surface area contributed by atoms with E-state index in [1.165, 1.54) is 22.1 Å². The zero-order valence-electron chi connectivity index (χ0n) is 14.2. The van der Waals surface area contributed by atoms with E-state index in [0.29, 0.717) is 13.0 Å². The first-order valence-electron chi connectivity index (χ1n) is 8.86. The summed E-state index contributed by atoms with van der Waals surface area (Å²) in [5.41, 5.74) is 4.85. The van der Waals surface area contributed by atoms with Crippen LogP contribution in [-0.4, -0.2) is 24.0 Å². The Morgan fingerprint density at radius 2 is 2.08 bits per heavy atom. The predicted molar refractivity (Wildman–Crippen MR) is 99.0 cm³/mol. The molecule has 1 aliphatic heterocycles. The predicted octanol–water partition coefficient (Wildman–Crippen LogP) is 3.39. The second-order valence-electron chi connectivity index (χ2n) is 6.50. The van der Waals surface area contributed by atoms with Crippen molar-refractivity contribution in [1.82, 2.24) is 10.3 Å². The number of para-hydroxylation sites is 1. The average molecular weight is 334 g/mol. The second kappa shape index (κ2) is 7.01. The molecule has 4 nitrogen and oxygen atoms in total. The number of carbonyl (C=O) groups is 1. The van der Waals surface area contributed by atoms with Gasteiger partial charge < -0.3 is 15.0 Å². The number of ether oxygens (including phenoxy) is 1. The van der Waals surface area contributed by atoms with Crippen LogP contribution >= 0.6 is 0 Å². The molecule has 1 amide bonds. The number of aromatic amines is 1. The molecule has 0 saturated carbocycles. The molecule has 0 unspecified atom stereocenters. The van der Waals surface area contributed by atoms with Crippen LogP contribution in [-0.2, 0) is 24.1 Å². The Labute approximate surface area is 147 Å². The molecule has 0 spiro atoms. The van der Waals surface area contributed by atoms with Gasteiger partial charge in [-0.2, -0.15) is 0 Å². The van der Waals surface area contributed by atoms with Crippen LogP contribution in [0.25, 0.3) is 10.9 Å². The van der Waals surface area contributed by atoms with Crippen LogP contribution in [0.15, 0.2) is 48.7 Å². The molecule has 1 aromatic heterocycles. The van der Waals surface area contributed by atoms with Crippen LogP contribution in [0.1, 0.15) is 23.1 Å². The molecular weight excluding hydrogens is 312 g/mol. The molecule has 128 valence electrons. The van der Waals surface area contributed by atoms with Gasteiger partial charge in [0.2, 0.25) is 5.91 Å².